The van der Waals surface area contributed by atoms with E-state index in [2.05, 4.69) is 41.5 Å². The van der Waals surface area contributed by atoms with E-state index in [-0.39, 0.29) is 11.9 Å². The van der Waals surface area contributed by atoms with Crippen LogP contribution in [0.4, 0.5) is 10.5 Å². The van der Waals surface area contributed by atoms with E-state index in [0.29, 0.717) is 18.0 Å². The maximum absolute atomic E-state index is 12.6. The Morgan fingerprint density at radius 2 is 1.75 bits per heavy atom. The zero-order valence-electron chi connectivity index (χ0n) is 18.5. The quantitative estimate of drug-likeness (QED) is 0.644. The Morgan fingerprint density at radius 3 is 2.44 bits per heavy atom. The highest BCUT2D eigenvalue weighted by molar-refractivity contribution is 6.05. The molecule has 0 unspecified atom stereocenters. The van der Waals surface area contributed by atoms with Gasteiger partial charge >= 0.3 is 6.03 Å². The van der Waals surface area contributed by atoms with E-state index in [1.54, 1.807) is 36.5 Å². The van der Waals surface area contributed by atoms with Gasteiger partial charge in [0.15, 0.2) is 0 Å². The van der Waals surface area contributed by atoms with Gasteiger partial charge in [-0.15, -0.1) is 0 Å². The first-order chi connectivity index (χ1) is 15.5. The van der Waals surface area contributed by atoms with Gasteiger partial charge in [-0.3, -0.25) is 9.78 Å². The van der Waals surface area contributed by atoms with Crippen LogP contribution in [0.15, 0.2) is 73.1 Å². The summed E-state index contributed by atoms with van der Waals surface area (Å²) in [6, 6.07) is 19.6. The maximum Gasteiger partial charge on any atom is 0.317 e. The standard InChI is InChI=1S/C26H28N4O2/c1-19-4-3-5-21(14-19)15-22-17-30(18-22)26(32)28-16-20-6-8-24(9-7-20)29(2)25(31)23-10-12-27-13-11-23/h3-14,22H,15-18H2,1-2H3,(H,28,32). The first-order valence-electron chi connectivity index (χ1n) is 10.8. The van der Waals surface area contributed by atoms with Crippen molar-refractivity contribution in [2.24, 2.45) is 5.92 Å². The van der Waals surface area contributed by atoms with Crippen LogP contribution in [0.25, 0.3) is 0 Å². The van der Waals surface area contributed by atoms with Crippen LogP contribution < -0.4 is 10.2 Å². The number of hydrogen-bond acceptors (Lipinski definition) is 3. The van der Waals surface area contributed by atoms with Crippen LogP contribution in [-0.4, -0.2) is 42.0 Å². The molecule has 0 bridgehead atoms. The normalized spacial score (nSPS) is 13.4. The highest BCUT2D eigenvalue weighted by Gasteiger charge is 2.30. The van der Waals surface area contributed by atoms with Crippen LogP contribution >= 0.6 is 0 Å². The molecule has 1 N–H and O–H groups in total. The van der Waals surface area contributed by atoms with E-state index in [4.69, 9.17) is 0 Å². The number of urea groups is 1. The summed E-state index contributed by atoms with van der Waals surface area (Å²) in [7, 11) is 1.75. The van der Waals surface area contributed by atoms with Crippen molar-refractivity contribution in [1.82, 2.24) is 15.2 Å². The summed E-state index contributed by atoms with van der Waals surface area (Å²) in [5.41, 5.74) is 4.99. The van der Waals surface area contributed by atoms with Crippen LogP contribution in [0.5, 0.6) is 0 Å². The molecule has 2 heterocycles. The van der Waals surface area contributed by atoms with Gasteiger partial charge in [-0.1, -0.05) is 42.0 Å². The highest BCUT2D eigenvalue weighted by Crippen LogP contribution is 2.21. The third-order valence-corrected chi connectivity index (χ3v) is 5.85. The number of hydrogen-bond donors (Lipinski definition) is 1. The number of amides is 3. The number of aromatic nitrogens is 1. The molecule has 1 aliphatic rings. The summed E-state index contributed by atoms with van der Waals surface area (Å²) < 4.78 is 0. The zero-order valence-corrected chi connectivity index (χ0v) is 18.5. The number of benzene rings is 2. The lowest BCUT2D eigenvalue weighted by Crippen LogP contribution is -2.54. The Kier molecular flexibility index (Phi) is 6.50. The van der Waals surface area contributed by atoms with Crippen molar-refractivity contribution in [3.63, 3.8) is 0 Å². The molecule has 3 aromatic rings. The fourth-order valence-electron chi connectivity index (χ4n) is 3.97. The molecule has 1 aromatic heterocycles. The molecule has 4 rings (SSSR count). The van der Waals surface area contributed by atoms with Gasteiger partial charge in [0.2, 0.25) is 0 Å². The van der Waals surface area contributed by atoms with Gasteiger partial charge in [-0.05, 0) is 54.7 Å². The van der Waals surface area contributed by atoms with Crippen molar-refractivity contribution in [3.05, 3.63) is 95.3 Å². The van der Waals surface area contributed by atoms with Crippen molar-refractivity contribution >= 4 is 17.6 Å². The number of anilines is 1. The predicted octanol–water partition coefficient (Wildman–Crippen LogP) is 4.05. The van der Waals surface area contributed by atoms with Crippen LogP contribution in [-0.2, 0) is 13.0 Å². The Balaban J connectivity index is 1.23. The Bertz CT molecular complexity index is 1080. The average molecular weight is 429 g/mol. The van der Waals surface area contributed by atoms with Gasteiger partial charge in [0, 0.05) is 50.3 Å². The van der Waals surface area contributed by atoms with Crippen molar-refractivity contribution < 1.29 is 9.59 Å². The predicted molar refractivity (Wildman–Crippen MR) is 126 cm³/mol. The molecule has 32 heavy (non-hydrogen) atoms. The molecule has 1 fully saturated rings. The van der Waals surface area contributed by atoms with Crippen LogP contribution in [0, 0.1) is 12.8 Å². The molecule has 0 saturated carbocycles. The number of rotatable bonds is 6. The van der Waals surface area contributed by atoms with Crippen molar-refractivity contribution in [3.8, 4) is 0 Å². The van der Waals surface area contributed by atoms with Gasteiger partial charge < -0.3 is 15.1 Å². The first kappa shape index (κ1) is 21.6. The molecule has 0 radical (unpaired) electrons. The summed E-state index contributed by atoms with van der Waals surface area (Å²) >= 11 is 0. The number of pyridine rings is 1. The highest BCUT2D eigenvalue weighted by atomic mass is 16.2. The lowest BCUT2D eigenvalue weighted by atomic mass is 9.92. The molecule has 1 saturated heterocycles. The summed E-state index contributed by atoms with van der Waals surface area (Å²) in [5.74, 6) is 0.432. The summed E-state index contributed by atoms with van der Waals surface area (Å²) in [5, 5.41) is 2.99. The minimum Gasteiger partial charge on any atom is -0.334 e. The van der Waals surface area contributed by atoms with Crippen LogP contribution in [0.3, 0.4) is 0 Å². The van der Waals surface area contributed by atoms with Gasteiger partial charge in [-0.2, -0.15) is 0 Å². The van der Waals surface area contributed by atoms with E-state index < -0.39 is 0 Å². The number of aryl methyl sites for hydroxylation is 1. The largest absolute Gasteiger partial charge is 0.334 e. The Hall–Kier alpha value is -3.67. The lowest BCUT2D eigenvalue weighted by molar-refractivity contribution is 0.0993. The molecular weight excluding hydrogens is 400 g/mol. The summed E-state index contributed by atoms with van der Waals surface area (Å²) in [6.07, 6.45) is 4.23. The monoisotopic (exact) mass is 428 g/mol. The molecule has 164 valence electrons. The fourth-order valence-corrected chi connectivity index (χ4v) is 3.97. The molecule has 1 aliphatic heterocycles. The lowest BCUT2D eigenvalue weighted by Gasteiger charge is -2.39. The second-order valence-corrected chi connectivity index (χ2v) is 8.39. The first-order valence-corrected chi connectivity index (χ1v) is 10.8. The fraction of sp³-hybridized carbons (Fsp3) is 0.269. The Labute approximate surface area is 188 Å². The number of carbonyl (C=O) groups is 2. The molecular formula is C26H28N4O2. The van der Waals surface area contributed by atoms with Gasteiger partial charge in [0.1, 0.15) is 0 Å². The third-order valence-electron chi connectivity index (χ3n) is 5.85. The molecule has 3 amide bonds. The number of carbonyl (C=O) groups excluding carboxylic acids is 2. The number of nitrogens with zero attached hydrogens (tertiary/aromatic N) is 3. The minimum absolute atomic E-state index is 0.0282. The zero-order chi connectivity index (χ0) is 22.5. The SMILES string of the molecule is Cc1cccc(CC2CN(C(=O)NCc3ccc(N(C)C(=O)c4ccncc4)cc3)C2)c1. The number of nitrogens with one attached hydrogen (secondary N) is 1. The second kappa shape index (κ2) is 9.64. The van der Waals surface area contributed by atoms with Crippen molar-refractivity contribution in [2.75, 3.05) is 25.0 Å². The van der Waals surface area contributed by atoms with Gasteiger partial charge in [0.25, 0.3) is 5.91 Å². The molecule has 0 atom stereocenters. The summed E-state index contributed by atoms with van der Waals surface area (Å²) in [4.78, 5) is 32.4. The number of likely N-dealkylation sites (tertiary alicyclic amines) is 1. The van der Waals surface area contributed by atoms with Gasteiger partial charge in [0.05, 0.1) is 0 Å². The minimum atomic E-state index is -0.0912. The van der Waals surface area contributed by atoms with E-state index >= 15 is 0 Å². The molecule has 6 heteroatoms. The van der Waals surface area contributed by atoms with Gasteiger partial charge in [-0.25, -0.2) is 4.79 Å². The molecule has 0 aliphatic carbocycles. The smallest absolute Gasteiger partial charge is 0.317 e. The van der Waals surface area contributed by atoms with Crippen molar-refractivity contribution in [2.45, 2.75) is 19.9 Å². The average Bonchev–Trinajstić information content (AvgIpc) is 2.79. The maximum atomic E-state index is 12.6. The van der Waals surface area contributed by atoms with Crippen LogP contribution in [0.1, 0.15) is 27.0 Å². The van der Waals surface area contributed by atoms with E-state index in [9.17, 15) is 9.59 Å². The molecule has 0 spiro atoms. The summed E-state index contributed by atoms with van der Waals surface area (Å²) in [6.45, 7) is 4.15. The molecule has 6 nitrogen and oxygen atoms in total. The van der Waals surface area contributed by atoms with Crippen LogP contribution in [0.2, 0.25) is 0 Å². The topological polar surface area (TPSA) is 65.5 Å². The second-order valence-electron chi connectivity index (χ2n) is 8.39. The van der Waals surface area contributed by atoms with E-state index in [0.717, 1.165) is 30.8 Å². The molecule has 2 aromatic carbocycles. The van der Waals surface area contributed by atoms with E-state index in [1.165, 1.54) is 11.1 Å². The third kappa shape index (κ3) is 5.14. The van der Waals surface area contributed by atoms with E-state index in [1.807, 2.05) is 29.2 Å². The Morgan fingerprint density at radius 1 is 1.03 bits per heavy atom. The van der Waals surface area contributed by atoms with Crippen molar-refractivity contribution in [1.29, 1.82) is 0 Å².